The SMILES string of the molecule is CS(=O)(=O)CCNc1cc(C(F)(F)F)ccc1Br. The van der Waals surface area contributed by atoms with Crippen molar-refractivity contribution in [2.75, 3.05) is 23.9 Å². The minimum atomic E-state index is -4.42. The molecular weight excluding hydrogens is 335 g/mol. The Balaban J connectivity index is 2.82. The summed E-state index contributed by atoms with van der Waals surface area (Å²) >= 11 is 3.10. The lowest BCUT2D eigenvalue weighted by atomic mass is 10.2. The van der Waals surface area contributed by atoms with E-state index in [2.05, 4.69) is 21.2 Å². The largest absolute Gasteiger partial charge is 0.416 e. The van der Waals surface area contributed by atoms with Crippen molar-refractivity contribution in [1.29, 1.82) is 0 Å². The molecular formula is C10H11BrF3NO2S. The van der Waals surface area contributed by atoms with E-state index in [1.54, 1.807) is 0 Å². The zero-order valence-electron chi connectivity index (χ0n) is 9.38. The highest BCUT2D eigenvalue weighted by atomic mass is 79.9. The molecule has 3 nitrogen and oxygen atoms in total. The highest BCUT2D eigenvalue weighted by molar-refractivity contribution is 9.10. The van der Waals surface area contributed by atoms with Crippen LogP contribution in [0.2, 0.25) is 0 Å². The van der Waals surface area contributed by atoms with Gasteiger partial charge in [-0.1, -0.05) is 0 Å². The summed E-state index contributed by atoms with van der Waals surface area (Å²) in [6.07, 6.45) is -3.36. The Hall–Kier alpha value is -0.760. The Morgan fingerprint density at radius 1 is 1.33 bits per heavy atom. The topological polar surface area (TPSA) is 46.2 Å². The monoisotopic (exact) mass is 345 g/mol. The van der Waals surface area contributed by atoms with E-state index in [1.807, 2.05) is 0 Å². The average molecular weight is 346 g/mol. The molecule has 0 aliphatic carbocycles. The number of rotatable bonds is 4. The van der Waals surface area contributed by atoms with Crippen molar-refractivity contribution in [3.63, 3.8) is 0 Å². The maximum atomic E-state index is 12.5. The van der Waals surface area contributed by atoms with E-state index in [4.69, 9.17) is 0 Å². The second-order valence-corrected chi connectivity index (χ2v) is 6.86. The smallest absolute Gasteiger partial charge is 0.383 e. The number of halogens is 4. The van der Waals surface area contributed by atoms with Gasteiger partial charge in [-0.25, -0.2) is 8.42 Å². The molecule has 1 N–H and O–H groups in total. The van der Waals surface area contributed by atoms with Gasteiger partial charge in [-0.3, -0.25) is 0 Å². The molecule has 0 saturated heterocycles. The lowest BCUT2D eigenvalue weighted by Gasteiger charge is -2.12. The minimum absolute atomic E-state index is 0.0543. The first-order valence-corrected chi connectivity index (χ1v) is 7.73. The first kappa shape index (κ1) is 15.3. The van der Waals surface area contributed by atoms with E-state index in [0.29, 0.717) is 4.47 Å². The van der Waals surface area contributed by atoms with Crippen LogP contribution in [0.15, 0.2) is 22.7 Å². The summed E-state index contributed by atoms with van der Waals surface area (Å²) in [5, 5.41) is 2.66. The molecule has 1 rings (SSSR count). The molecule has 0 unspecified atom stereocenters. The van der Waals surface area contributed by atoms with Crippen LogP contribution in [0.1, 0.15) is 5.56 Å². The van der Waals surface area contributed by atoms with Crippen LogP contribution in [-0.2, 0) is 16.0 Å². The van der Waals surface area contributed by atoms with Gasteiger partial charge < -0.3 is 5.32 Å². The molecule has 0 bridgehead atoms. The zero-order chi connectivity index (χ0) is 14.0. The normalized spacial score (nSPS) is 12.5. The Kier molecular flexibility index (Phi) is 4.66. The van der Waals surface area contributed by atoms with E-state index < -0.39 is 21.6 Å². The molecule has 0 aliphatic heterocycles. The second-order valence-electron chi connectivity index (χ2n) is 3.75. The maximum Gasteiger partial charge on any atom is 0.416 e. The number of hydrogen-bond donors (Lipinski definition) is 1. The van der Waals surface area contributed by atoms with Gasteiger partial charge in [0.05, 0.1) is 11.3 Å². The van der Waals surface area contributed by atoms with Crippen LogP contribution in [0.3, 0.4) is 0 Å². The Bertz CT molecular complexity index is 528. The minimum Gasteiger partial charge on any atom is -0.383 e. The third kappa shape index (κ3) is 4.85. The molecule has 1 aromatic carbocycles. The fourth-order valence-corrected chi connectivity index (χ4v) is 2.07. The van der Waals surface area contributed by atoms with Gasteiger partial charge in [-0.05, 0) is 34.1 Å². The Morgan fingerprint density at radius 3 is 2.44 bits per heavy atom. The van der Waals surface area contributed by atoms with E-state index in [0.717, 1.165) is 18.4 Å². The lowest BCUT2D eigenvalue weighted by Crippen LogP contribution is -2.15. The van der Waals surface area contributed by atoms with E-state index in [1.165, 1.54) is 6.07 Å². The van der Waals surface area contributed by atoms with E-state index in [-0.39, 0.29) is 18.0 Å². The lowest BCUT2D eigenvalue weighted by molar-refractivity contribution is -0.137. The summed E-state index contributed by atoms with van der Waals surface area (Å²) in [6.45, 7) is 0.0543. The molecule has 102 valence electrons. The van der Waals surface area contributed by atoms with Gasteiger partial charge in [0.15, 0.2) is 0 Å². The van der Waals surface area contributed by atoms with Crippen LogP contribution in [0.25, 0.3) is 0 Å². The highest BCUT2D eigenvalue weighted by Gasteiger charge is 2.30. The summed E-state index contributed by atoms with van der Waals surface area (Å²) in [5.41, 5.74) is -0.568. The van der Waals surface area contributed by atoms with Crippen LogP contribution >= 0.6 is 15.9 Å². The third-order valence-electron chi connectivity index (χ3n) is 2.08. The molecule has 1 aromatic rings. The average Bonchev–Trinajstić information content (AvgIpc) is 2.17. The molecule has 0 spiro atoms. The van der Waals surface area contributed by atoms with Gasteiger partial charge in [0.1, 0.15) is 9.84 Å². The van der Waals surface area contributed by atoms with Gasteiger partial charge in [0.2, 0.25) is 0 Å². The predicted molar refractivity (Wildman–Crippen MR) is 67.3 cm³/mol. The van der Waals surface area contributed by atoms with Crippen molar-refractivity contribution in [3.05, 3.63) is 28.2 Å². The summed E-state index contributed by atoms with van der Waals surface area (Å²) in [7, 11) is -3.15. The molecule has 0 heterocycles. The Labute approximate surface area is 111 Å². The van der Waals surface area contributed by atoms with Crippen LogP contribution in [0.4, 0.5) is 18.9 Å². The summed E-state index contributed by atoms with van der Waals surface area (Å²) in [5.74, 6) is -0.143. The van der Waals surface area contributed by atoms with Gasteiger partial charge in [0.25, 0.3) is 0 Å². The predicted octanol–water partition coefficient (Wildman–Crippen LogP) is 2.92. The van der Waals surface area contributed by atoms with Crippen LogP contribution in [0, 0.1) is 0 Å². The number of sulfone groups is 1. The van der Waals surface area contributed by atoms with Crippen molar-refractivity contribution < 1.29 is 21.6 Å². The highest BCUT2D eigenvalue weighted by Crippen LogP contribution is 2.33. The van der Waals surface area contributed by atoms with Crippen molar-refractivity contribution in [2.45, 2.75) is 6.18 Å². The van der Waals surface area contributed by atoms with Crippen molar-refractivity contribution in [3.8, 4) is 0 Å². The molecule has 8 heteroatoms. The fraction of sp³-hybridized carbons (Fsp3) is 0.400. The van der Waals surface area contributed by atoms with Crippen molar-refractivity contribution in [1.82, 2.24) is 0 Å². The number of hydrogen-bond acceptors (Lipinski definition) is 3. The van der Waals surface area contributed by atoms with E-state index in [9.17, 15) is 21.6 Å². The summed E-state index contributed by atoms with van der Waals surface area (Å²) in [4.78, 5) is 0. The molecule has 0 fully saturated rings. The van der Waals surface area contributed by atoms with Crippen molar-refractivity contribution in [2.24, 2.45) is 0 Å². The standard InChI is InChI=1S/C10H11BrF3NO2S/c1-18(16,17)5-4-15-9-6-7(10(12,13)14)2-3-8(9)11/h2-3,6,15H,4-5H2,1H3. The first-order valence-electron chi connectivity index (χ1n) is 4.88. The van der Waals surface area contributed by atoms with Crippen molar-refractivity contribution >= 4 is 31.5 Å². The quantitative estimate of drug-likeness (QED) is 0.912. The molecule has 0 aromatic heterocycles. The van der Waals surface area contributed by atoms with Gasteiger partial charge in [-0.2, -0.15) is 13.2 Å². The molecule has 0 radical (unpaired) electrons. The van der Waals surface area contributed by atoms with Crippen LogP contribution < -0.4 is 5.32 Å². The summed E-state index contributed by atoms with van der Waals surface area (Å²) in [6, 6.07) is 3.16. The molecule has 0 atom stereocenters. The molecule has 0 saturated carbocycles. The molecule has 0 aliphatic rings. The number of benzene rings is 1. The third-order valence-corrected chi connectivity index (χ3v) is 3.72. The summed E-state index contributed by atoms with van der Waals surface area (Å²) < 4.78 is 59.7. The van der Waals surface area contributed by atoms with Gasteiger partial charge in [-0.15, -0.1) is 0 Å². The molecule has 18 heavy (non-hydrogen) atoms. The molecule has 0 amide bonds. The maximum absolute atomic E-state index is 12.5. The van der Waals surface area contributed by atoms with Gasteiger partial charge >= 0.3 is 6.18 Å². The van der Waals surface area contributed by atoms with Crippen LogP contribution in [-0.4, -0.2) is 27.0 Å². The van der Waals surface area contributed by atoms with Crippen LogP contribution in [0.5, 0.6) is 0 Å². The fourth-order valence-electron chi connectivity index (χ4n) is 1.21. The van der Waals surface area contributed by atoms with Gasteiger partial charge in [0, 0.05) is 23.0 Å². The number of nitrogens with one attached hydrogen (secondary N) is 1. The first-order chi connectivity index (χ1) is 8.09. The second kappa shape index (κ2) is 5.48. The zero-order valence-corrected chi connectivity index (χ0v) is 11.8. The number of alkyl halides is 3. The van der Waals surface area contributed by atoms with E-state index >= 15 is 0 Å². The number of anilines is 1. The Morgan fingerprint density at radius 2 is 1.94 bits per heavy atom.